The standard InChI is InChI=1S/C18H30O3/c1-4-7-9-16(6-3)15-19-17-10-12-18(13-11-17)21-20-14-8-5-2/h10-13,16H,4-9,14-15H2,1-3H3. The topological polar surface area (TPSA) is 27.7 Å². The second-order valence-corrected chi connectivity index (χ2v) is 5.46. The van der Waals surface area contributed by atoms with Gasteiger partial charge in [0.25, 0.3) is 0 Å². The maximum Gasteiger partial charge on any atom is 0.165 e. The Morgan fingerprint density at radius 3 is 2.19 bits per heavy atom. The van der Waals surface area contributed by atoms with Gasteiger partial charge in [-0.2, -0.15) is 4.89 Å². The van der Waals surface area contributed by atoms with Crippen LogP contribution in [0.4, 0.5) is 0 Å². The molecule has 1 aromatic rings. The third-order valence-electron chi connectivity index (χ3n) is 3.59. The lowest BCUT2D eigenvalue weighted by molar-refractivity contribution is -0.207. The number of hydrogen-bond acceptors (Lipinski definition) is 3. The third kappa shape index (κ3) is 7.96. The third-order valence-corrected chi connectivity index (χ3v) is 3.59. The molecular formula is C18H30O3. The highest BCUT2D eigenvalue weighted by atomic mass is 17.2. The van der Waals surface area contributed by atoms with Gasteiger partial charge in [0, 0.05) is 0 Å². The summed E-state index contributed by atoms with van der Waals surface area (Å²) < 4.78 is 5.86. The summed E-state index contributed by atoms with van der Waals surface area (Å²) >= 11 is 0. The van der Waals surface area contributed by atoms with Crippen molar-refractivity contribution < 1.29 is 14.5 Å². The van der Waals surface area contributed by atoms with E-state index in [2.05, 4.69) is 20.8 Å². The fourth-order valence-electron chi connectivity index (χ4n) is 2.02. The highest BCUT2D eigenvalue weighted by Gasteiger charge is 2.07. The zero-order valence-corrected chi connectivity index (χ0v) is 13.8. The van der Waals surface area contributed by atoms with E-state index in [4.69, 9.17) is 14.5 Å². The Balaban J connectivity index is 2.29. The van der Waals surface area contributed by atoms with E-state index in [1.54, 1.807) is 0 Å². The van der Waals surface area contributed by atoms with Gasteiger partial charge in [-0.15, -0.1) is 0 Å². The van der Waals surface area contributed by atoms with E-state index in [-0.39, 0.29) is 0 Å². The summed E-state index contributed by atoms with van der Waals surface area (Å²) in [6, 6.07) is 7.64. The van der Waals surface area contributed by atoms with Crippen LogP contribution in [0.2, 0.25) is 0 Å². The highest BCUT2D eigenvalue weighted by Crippen LogP contribution is 2.20. The number of hydrogen-bond donors (Lipinski definition) is 0. The second kappa shape index (κ2) is 11.4. The Morgan fingerprint density at radius 2 is 1.57 bits per heavy atom. The summed E-state index contributed by atoms with van der Waals surface area (Å²) in [6.45, 7) is 8.01. The number of ether oxygens (including phenoxy) is 1. The van der Waals surface area contributed by atoms with Crippen LogP contribution in [-0.2, 0) is 4.89 Å². The Morgan fingerprint density at radius 1 is 0.905 bits per heavy atom. The van der Waals surface area contributed by atoms with Crippen molar-refractivity contribution in [2.75, 3.05) is 13.2 Å². The lowest BCUT2D eigenvalue weighted by Crippen LogP contribution is -2.11. The van der Waals surface area contributed by atoms with Crippen LogP contribution >= 0.6 is 0 Å². The molecule has 0 radical (unpaired) electrons. The molecule has 1 rings (SSSR count). The van der Waals surface area contributed by atoms with Crippen LogP contribution in [0.25, 0.3) is 0 Å². The summed E-state index contributed by atoms with van der Waals surface area (Å²) in [4.78, 5) is 10.3. The van der Waals surface area contributed by atoms with Crippen molar-refractivity contribution in [2.45, 2.75) is 59.3 Å². The van der Waals surface area contributed by atoms with Crippen molar-refractivity contribution in [3.05, 3.63) is 24.3 Å². The van der Waals surface area contributed by atoms with Gasteiger partial charge in [0.15, 0.2) is 5.75 Å². The number of benzene rings is 1. The van der Waals surface area contributed by atoms with Crippen LogP contribution in [0.15, 0.2) is 24.3 Å². The fraction of sp³-hybridized carbons (Fsp3) is 0.667. The molecule has 0 aliphatic carbocycles. The molecule has 1 aromatic carbocycles. The van der Waals surface area contributed by atoms with Crippen molar-refractivity contribution in [1.82, 2.24) is 0 Å². The summed E-state index contributed by atoms with van der Waals surface area (Å²) in [5, 5.41) is 0. The van der Waals surface area contributed by atoms with Crippen molar-refractivity contribution >= 4 is 0 Å². The summed E-state index contributed by atoms with van der Waals surface area (Å²) in [6.07, 6.45) is 7.07. The molecule has 0 aliphatic rings. The lowest BCUT2D eigenvalue weighted by atomic mass is 10.0. The normalized spacial score (nSPS) is 12.1. The Hall–Kier alpha value is -1.22. The Bertz CT molecular complexity index is 348. The number of unbranched alkanes of at least 4 members (excludes halogenated alkanes) is 2. The molecule has 0 N–H and O–H groups in total. The molecule has 3 heteroatoms. The van der Waals surface area contributed by atoms with Gasteiger partial charge in [-0.25, -0.2) is 0 Å². The average molecular weight is 294 g/mol. The van der Waals surface area contributed by atoms with Gasteiger partial charge in [-0.05, 0) is 43.0 Å². The minimum Gasteiger partial charge on any atom is -0.493 e. The summed E-state index contributed by atoms with van der Waals surface area (Å²) in [5.41, 5.74) is 0. The van der Waals surface area contributed by atoms with Crippen LogP contribution in [0.5, 0.6) is 11.5 Å². The zero-order valence-electron chi connectivity index (χ0n) is 13.8. The minimum absolute atomic E-state index is 0.629. The van der Waals surface area contributed by atoms with Gasteiger partial charge in [0.05, 0.1) is 13.2 Å². The smallest absolute Gasteiger partial charge is 0.165 e. The van der Waals surface area contributed by atoms with Crippen LogP contribution in [0, 0.1) is 5.92 Å². The molecule has 0 aromatic heterocycles. The molecule has 3 nitrogen and oxygen atoms in total. The predicted octanol–water partition coefficient (Wildman–Crippen LogP) is 5.39. The maximum atomic E-state index is 5.86. The molecule has 0 amide bonds. The van der Waals surface area contributed by atoms with Crippen LogP contribution in [-0.4, -0.2) is 13.2 Å². The lowest BCUT2D eigenvalue weighted by Gasteiger charge is -2.15. The van der Waals surface area contributed by atoms with E-state index in [0.717, 1.165) is 30.9 Å². The molecule has 0 saturated heterocycles. The zero-order chi connectivity index (χ0) is 15.3. The molecule has 0 bridgehead atoms. The first kappa shape index (κ1) is 17.8. The van der Waals surface area contributed by atoms with Crippen molar-refractivity contribution in [1.29, 1.82) is 0 Å². The molecule has 0 saturated carbocycles. The van der Waals surface area contributed by atoms with Crippen LogP contribution in [0.3, 0.4) is 0 Å². The first-order chi connectivity index (χ1) is 10.3. The van der Waals surface area contributed by atoms with Gasteiger partial charge in [-0.1, -0.05) is 46.5 Å². The molecule has 1 atom stereocenters. The quantitative estimate of drug-likeness (QED) is 0.294. The average Bonchev–Trinajstić information content (AvgIpc) is 2.53. The van der Waals surface area contributed by atoms with E-state index >= 15 is 0 Å². The van der Waals surface area contributed by atoms with E-state index in [0.29, 0.717) is 12.5 Å². The maximum absolute atomic E-state index is 5.86. The van der Waals surface area contributed by atoms with Crippen molar-refractivity contribution in [3.8, 4) is 11.5 Å². The molecule has 120 valence electrons. The van der Waals surface area contributed by atoms with Crippen molar-refractivity contribution in [2.24, 2.45) is 5.92 Å². The molecule has 0 spiro atoms. The second-order valence-electron chi connectivity index (χ2n) is 5.46. The largest absolute Gasteiger partial charge is 0.493 e. The fourth-order valence-corrected chi connectivity index (χ4v) is 2.02. The first-order valence-corrected chi connectivity index (χ1v) is 8.32. The van der Waals surface area contributed by atoms with Gasteiger partial charge in [0.2, 0.25) is 0 Å². The first-order valence-electron chi connectivity index (χ1n) is 8.32. The van der Waals surface area contributed by atoms with Gasteiger partial charge in [-0.3, -0.25) is 0 Å². The minimum atomic E-state index is 0.629. The SMILES string of the molecule is CCCCOOc1ccc(OCC(CC)CCCC)cc1. The monoisotopic (exact) mass is 294 g/mol. The molecular weight excluding hydrogens is 264 g/mol. The van der Waals surface area contributed by atoms with Gasteiger partial charge in [0.1, 0.15) is 5.75 Å². The Labute approximate surface area is 129 Å². The van der Waals surface area contributed by atoms with Gasteiger partial charge >= 0.3 is 0 Å². The van der Waals surface area contributed by atoms with E-state index in [1.807, 2.05) is 24.3 Å². The highest BCUT2D eigenvalue weighted by molar-refractivity contribution is 5.30. The molecule has 0 fully saturated rings. The van der Waals surface area contributed by atoms with Crippen molar-refractivity contribution in [3.63, 3.8) is 0 Å². The van der Waals surface area contributed by atoms with E-state index in [9.17, 15) is 0 Å². The van der Waals surface area contributed by atoms with Crippen LogP contribution < -0.4 is 9.62 Å². The predicted molar refractivity (Wildman–Crippen MR) is 86.7 cm³/mol. The molecule has 21 heavy (non-hydrogen) atoms. The molecule has 0 aliphatic heterocycles. The van der Waals surface area contributed by atoms with Gasteiger partial charge < -0.3 is 9.62 Å². The Kier molecular flexibility index (Phi) is 9.71. The summed E-state index contributed by atoms with van der Waals surface area (Å²) in [5.74, 6) is 2.26. The molecule has 0 heterocycles. The van der Waals surface area contributed by atoms with Crippen LogP contribution in [0.1, 0.15) is 59.3 Å². The molecule has 1 unspecified atom stereocenters. The van der Waals surface area contributed by atoms with E-state index < -0.39 is 0 Å². The number of rotatable bonds is 12. The summed E-state index contributed by atoms with van der Waals surface area (Å²) in [7, 11) is 0. The van der Waals surface area contributed by atoms with E-state index in [1.165, 1.54) is 25.7 Å².